The van der Waals surface area contributed by atoms with E-state index in [9.17, 15) is 19.8 Å². The minimum Gasteiger partial charge on any atom is -0.504 e. The number of aliphatic hydroxyl groups is 1. The maximum Gasteiger partial charge on any atom is 0.161 e. The number of methoxy groups -OCH3 is 1. The number of aromatic nitrogens is 1. The lowest BCUT2D eigenvalue weighted by atomic mass is 9.58. The van der Waals surface area contributed by atoms with Crippen LogP contribution in [-0.4, -0.2) is 47.0 Å². The molecule has 42 heavy (non-hydrogen) atoms. The molecule has 0 saturated heterocycles. The van der Waals surface area contributed by atoms with Crippen molar-refractivity contribution in [2.24, 2.45) is 11.1 Å². The van der Waals surface area contributed by atoms with E-state index in [1.807, 2.05) is 24.4 Å². The van der Waals surface area contributed by atoms with Gasteiger partial charge in [-0.1, -0.05) is 44.7 Å². The predicted molar refractivity (Wildman–Crippen MR) is 164 cm³/mol. The molecule has 1 aromatic carbocycles. The number of unbranched alkanes of at least 4 members (excludes halogenated alkanes) is 4. The van der Waals surface area contributed by atoms with Gasteiger partial charge in [0.1, 0.15) is 11.6 Å². The maximum atomic E-state index is 12.7. The quantitative estimate of drug-likeness (QED) is 0.134. The number of rotatable bonds is 16. The Morgan fingerprint density at radius 1 is 1.14 bits per heavy atom. The van der Waals surface area contributed by atoms with Gasteiger partial charge in [-0.25, -0.2) is 0 Å². The van der Waals surface area contributed by atoms with E-state index in [4.69, 9.17) is 10.5 Å². The molecule has 0 bridgehead atoms. The summed E-state index contributed by atoms with van der Waals surface area (Å²) < 4.78 is 5.60. The topological polar surface area (TPSA) is 138 Å². The summed E-state index contributed by atoms with van der Waals surface area (Å²) in [5.41, 5.74) is 10.3. The summed E-state index contributed by atoms with van der Waals surface area (Å²) >= 11 is 0. The van der Waals surface area contributed by atoms with Crippen LogP contribution in [0.15, 0.2) is 53.5 Å². The normalized spacial score (nSPS) is 20.1. The van der Waals surface area contributed by atoms with E-state index in [0.29, 0.717) is 55.8 Å². The molecule has 2 heterocycles. The maximum absolute atomic E-state index is 12.7. The number of Topliss-reactive ketones (excluding diaryl/α,β-unsaturated/α-hetero) is 2. The van der Waals surface area contributed by atoms with Crippen LogP contribution in [0, 0.1) is 5.41 Å². The fourth-order valence-corrected chi connectivity index (χ4v) is 6.66. The largest absolute Gasteiger partial charge is 0.504 e. The van der Waals surface area contributed by atoms with E-state index in [2.05, 4.69) is 23.3 Å². The third-order valence-electron chi connectivity index (χ3n) is 8.95. The number of ether oxygens (including phenoxy) is 1. The minimum absolute atomic E-state index is 0.00877. The van der Waals surface area contributed by atoms with Gasteiger partial charge in [0.15, 0.2) is 11.5 Å². The number of nitrogens with one attached hydrogen (secondary N) is 2. The molecule has 2 atom stereocenters. The molecule has 1 aliphatic carbocycles. The molecule has 1 aliphatic heterocycles. The standard InChI is InChI=1S/C34H47N3O5/c1-3-4-5-6-7-10-25(39)20-26(40)12-11-23-18-29(32(41)30(19-23)42-2)31-27-14-17-37-33(35)28(27)13-15-34(31,22-38)21-24-9-8-16-36-24/h8-9,14,16,18-19,31,36-38,41H,3-7,10-13,15,17,20-22,35H2,1-2H3. The lowest BCUT2D eigenvalue weighted by molar-refractivity contribution is -0.127. The first kappa shape index (κ1) is 31.4. The highest BCUT2D eigenvalue weighted by Gasteiger charge is 2.47. The Bertz CT molecular complexity index is 1300. The Morgan fingerprint density at radius 2 is 1.93 bits per heavy atom. The summed E-state index contributed by atoms with van der Waals surface area (Å²) in [5.74, 6) is 0.564. The van der Waals surface area contributed by atoms with Crippen LogP contribution >= 0.6 is 0 Å². The van der Waals surface area contributed by atoms with Gasteiger partial charge >= 0.3 is 0 Å². The first-order valence-corrected chi connectivity index (χ1v) is 15.4. The molecule has 1 saturated carbocycles. The molecule has 2 unspecified atom stereocenters. The number of aromatic hydroxyl groups is 1. The smallest absolute Gasteiger partial charge is 0.161 e. The number of aliphatic hydroxyl groups excluding tert-OH is 1. The van der Waals surface area contributed by atoms with Crippen LogP contribution in [0.5, 0.6) is 11.5 Å². The summed E-state index contributed by atoms with van der Waals surface area (Å²) in [4.78, 5) is 28.4. The molecule has 0 spiro atoms. The van der Waals surface area contributed by atoms with Crippen molar-refractivity contribution < 1.29 is 24.5 Å². The predicted octanol–water partition coefficient (Wildman–Crippen LogP) is 5.35. The monoisotopic (exact) mass is 577 g/mol. The van der Waals surface area contributed by atoms with Gasteiger partial charge in [-0.15, -0.1) is 0 Å². The molecule has 0 radical (unpaired) electrons. The Hall–Kier alpha value is -3.52. The van der Waals surface area contributed by atoms with Crippen LogP contribution < -0.4 is 15.8 Å². The summed E-state index contributed by atoms with van der Waals surface area (Å²) in [6, 6.07) is 7.66. The van der Waals surface area contributed by atoms with Crippen molar-refractivity contribution in [3.8, 4) is 11.5 Å². The van der Waals surface area contributed by atoms with Crippen molar-refractivity contribution in [1.82, 2.24) is 10.3 Å². The third-order valence-corrected chi connectivity index (χ3v) is 8.95. The van der Waals surface area contributed by atoms with E-state index >= 15 is 0 Å². The van der Waals surface area contributed by atoms with Crippen molar-refractivity contribution in [3.05, 3.63) is 70.3 Å². The van der Waals surface area contributed by atoms with Gasteiger partial charge in [0.2, 0.25) is 0 Å². The highest BCUT2D eigenvalue weighted by atomic mass is 16.5. The summed E-state index contributed by atoms with van der Waals surface area (Å²) in [7, 11) is 1.51. The van der Waals surface area contributed by atoms with Crippen molar-refractivity contribution in [3.63, 3.8) is 0 Å². The molecular weight excluding hydrogens is 530 g/mol. The van der Waals surface area contributed by atoms with Crippen LogP contribution in [0.4, 0.5) is 0 Å². The molecule has 2 aromatic rings. The number of carbonyl (C=O) groups is 2. The zero-order valence-electron chi connectivity index (χ0n) is 25.1. The van der Waals surface area contributed by atoms with Crippen LogP contribution in [0.1, 0.15) is 93.9 Å². The molecule has 228 valence electrons. The zero-order valence-corrected chi connectivity index (χ0v) is 25.1. The van der Waals surface area contributed by atoms with Gasteiger partial charge in [0.05, 0.1) is 19.4 Å². The number of ketones is 2. The first-order valence-electron chi connectivity index (χ1n) is 15.4. The molecule has 8 nitrogen and oxygen atoms in total. The van der Waals surface area contributed by atoms with Crippen molar-refractivity contribution >= 4 is 11.6 Å². The van der Waals surface area contributed by atoms with Crippen LogP contribution in [0.3, 0.4) is 0 Å². The first-order chi connectivity index (χ1) is 20.3. The van der Waals surface area contributed by atoms with Crippen LogP contribution in [0.25, 0.3) is 0 Å². The SMILES string of the molecule is CCCCCCCC(=O)CC(=O)CCc1cc(OC)c(O)c(C2C3=CCNC(N)=C3CCC2(CO)Cc2ccc[nH]2)c1. The van der Waals surface area contributed by atoms with Crippen molar-refractivity contribution in [2.45, 2.75) is 89.9 Å². The lowest BCUT2D eigenvalue weighted by Gasteiger charge is -2.47. The molecule has 0 amide bonds. The van der Waals surface area contributed by atoms with Crippen LogP contribution in [-0.2, 0) is 22.4 Å². The van der Waals surface area contributed by atoms with Gasteiger partial charge in [-0.05, 0) is 67.0 Å². The summed E-state index contributed by atoms with van der Waals surface area (Å²) in [6.45, 7) is 2.64. The summed E-state index contributed by atoms with van der Waals surface area (Å²) in [6.07, 6.45) is 12.4. The second kappa shape index (κ2) is 14.6. The fraction of sp³-hybridized carbons (Fsp3) is 0.529. The number of phenolic OH excluding ortho intramolecular Hbond substituents is 1. The molecular formula is C34H47N3O5. The Morgan fingerprint density at radius 3 is 2.64 bits per heavy atom. The number of fused-ring (bicyclic) bond motifs is 1. The van der Waals surface area contributed by atoms with E-state index in [1.54, 1.807) is 6.07 Å². The number of carbonyl (C=O) groups excluding carboxylic acids is 2. The Kier molecular flexibility index (Phi) is 10.9. The highest BCUT2D eigenvalue weighted by Crippen LogP contribution is 2.57. The molecule has 1 aromatic heterocycles. The van der Waals surface area contributed by atoms with E-state index in [0.717, 1.165) is 48.1 Å². The number of hydrogen-bond donors (Lipinski definition) is 5. The highest BCUT2D eigenvalue weighted by molar-refractivity contribution is 5.99. The van der Waals surface area contributed by atoms with Gasteiger partial charge in [0.25, 0.3) is 0 Å². The molecule has 2 aliphatic rings. The second-order valence-corrected chi connectivity index (χ2v) is 11.9. The van der Waals surface area contributed by atoms with Gasteiger partial charge in [-0.2, -0.15) is 0 Å². The Balaban J connectivity index is 1.60. The average Bonchev–Trinajstić information content (AvgIpc) is 3.49. The van der Waals surface area contributed by atoms with E-state index in [1.165, 1.54) is 13.5 Å². The molecule has 8 heteroatoms. The van der Waals surface area contributed by atoms with Gasteiger partial charge in [0, 0.05) is 54.8 Å². The van der Waals surface area contributed by atoms with Crippen molar-refractivity contribution in [2.75, 3.05) is 20.3 Å². The number of aryl methyl sites for hydroxylation is 1. The number of allylic oxidation sites excluding steroid dienone is 2. The van der Waals surface area contributed by atoms with Crippen LogP contribution in [0.2, 0.25) is 0 Å². The lowest BCUT2D eigenvalue weighted by Crippen LogP contribution is -2.42. The number of aromatic amines is 1. The third kappa shape index (κ3) is 7.27. The summed E-state index contributed by atoms with van der Waals surface area (Å²) in [5, 5.41) is 25.7. The minimum atomic E-state index is -0.599. The number of H-pyrrole nitrogens is 1. The number of nitrogens with two attached hydrogens (primary N) is 1. The van der Waals surface area contributed by atoms with Crippen molar-refractivity contribution in [1.29, 1.82) is 0 Å². The number of dihydropyridines is 1. The van der Waals surface area contributed by atoms with E-state index in [-0.39, 0.29) is 42.7 Å². The average molecular weight is 578 g/mol. The molecule has 4 rings (SSSR count). The molecule has 6 N–H and O–H groups in total. The number of phenols is 1. The number of hydrogen-bond acceptors (Lipinski definition) is 7. The van der Waals surface area contributed by atoms with E-state index < -0.39 is 5.41 Å². The zero-order chi connectivity index (χ0) is 30.1. The fourth-order valence-electron chi connectivity index (χ4n) is 6.66. The second-order valence-electron chi connectivity index (χ2n) is 11.9. The Labute approximate surface area is 249 Å². The number of benzene rings is 1. The molecule has 1 fully saturated rings. The van der Waals surface area contributed by atoms with Gasteiger partial charge < -0.3 is 31.0 Å². The van der Waals surface area contributed by atoms with Gasteiger partial charge in [-0.3, -0.25) is 9.59 Å².